The molecule has 0 aliphatic carbocycles. The third kappa shape index (κ3) is 4.77. The number of carboxylic acid groups (broad SMARTS) is 1. The summed E-state index contributed by atoms with van der Waals surface area (Å²) in [5, 5.41) is 18.8. The predicted octanol–water partition coefficient (Wildman–Crippen LogP) is 3.63. The second-order valence-electron chi connectivity index (χ2n) is 3.38. The number of nitro benzene ring substituents is 1. The lowest BCUT2D eigenvalue weighted by atomic mass is 10.2. The molecule has 0 heterocycles. The fourth-order valence-corrected chi connectivity index (χ4v) is 1.36. The van der Waals surface area contributed by atoms with Crippen molar-refractivity contribution in [3.05, 3.63) is 75.3 Å². The predicted molar refractivity (Wildman–Crippen MR) is 71.5 cm³/mol. The molecule has 2 rings (SSSR count). The van der Waals surface area contributed by atoms with Gasteiger partial charge in [0.2, 0.25) is 0 Å². The molecule has 98 valence electrons. The maximum absolute atomic E-state index is 10.4. The van der Waals surface area contributed by atoms with E-state index in [-0.39, 0.29) is 10.6 Å². The standard InChI is InChI=1S/C7H4ClNO4.C6H6/c8-5-2-1-4(7(10)11)3-6(5)9(12)13;1-2-4-6-5-3-1/h1-3H,(H,10,11);1-6H. The van der Waals surface area contributed by atoms with E-state index in [1.807, 2.05) is 36.4 Å². The van der Waals surface area contributed by atoms with Gasteiger partial charge in [0.25, 0.3) is 5.69 Å². The van der Waals surface area contributed by atoms with Gasteiger partial charge in [-0.25, -0.2) is 4.79 Å². The molecule has 5 nitrogen and oxygen atoms in total. The topological polar surface area (TPSA) is 80.4 Å². The molecular formula is C13H10ClNO4. The summed E-state index contributed by atoms with van der Waals surface area (Å²) in [5.74, 6) is -1.22. The molecule has 0 aliphatic heterocycles. The molecule has 19 heavy (non-hydrogen) atoms. The summed E-state index contributed by atoms with van der Waals surface area (Å²) >= 11 is 5.46. The Morgan fingerprint density at radius 3 is 1.95 bits per heavy atom. The summed E-state index contributed by atoms with van der Waals surface area (Å²) in [7, 11) is 0. The molecule has 1 N–H and O–H groups in total. The molecule has 0 unspecified atom stereocenters. The van der Waals surface area contributed by atoms with Crippen molar-refractivity contribution in [2.24, 2.45) is 0 Å². The number of nitro groups is 1. The van der Waals surface area contributed by atoms with E-state index in [2.05, 4.69) is 0 Å². The van der Waals surface area contributed by atoms with Crippen molar-refractivity contribution in [2.75, 3.05) is 0 Å². The number of aromatic carboxylic acids is 1. The van der Waals surface area contributed by atoms with Crippen molar-refractivity contribution < 1.29 is 14.8 Å². The highest BCUT2D eigenvalue weighted by atomic mass is 35.5. The Hall–Kier alpha value is -2.40. The van der Waals surface area contributed by atoms with E-state index < -0.39 is 16.6 Å². The molecule has 0 aliphatic rings. The minimum Gasteiger partial charge on any atom is -0.478 e. The molecule has 0 radical (unpaired) electrons. The number of halogens is 1. The van der Waals surface area contributed by atoms with Crippen LogP contribution in [0.25, 0.3) is 0 Å². The zero-order valence-corrected chi connectivity index (χ0v) is 10.4. The SMILES string of the molecule is O=C(O)c1ccc(Cl)c([N+](=O)[O-])c1.c1ccccc1. The smallest absolute Gasteiger partial charge is 0.335 e. The summed E-state index contributed by atoms with van der Waals surface area (Å²) < 4.78 is 0. The molecule has 0 saturated carbocycles. The second-order valence-corrected chi connectivity index (χ2v) is 3.79. The third-order valence-corrected chi connectivity index (χ3v) is 2.38. The first-order valence-electron chi connectivity index (χ1n) is 5.19. The molecule has 0 atom stereocenters. The van der Waals surface area contributed by atoms with Gasteiger partial charge < -0.3 is 5.11 Å². The fourth-order valence-electron chi connectivity index (χ4n) is 1.17. The van der Waals surface area contributed by atoms with E-state index in [4.69, 9.17) is 16.7 Å². The van der Waals surface area contributed by atoms with E-state index in [1.165, 1.54) is 12.1 Å². The number of benzene rings is 2. The van der Waals surface area contributed by atoms with E-state index in [9.17, 15) is 14.9 Å². The van der Waals surface area contributed by atoms with Crippen LogP contribution >= 0.6 is 11.6 Å². The Morgan fingerprint density at radius 1 is 1.11 bits per heavy atom. The maximum Gasteiger partial charge on any atom is 0.335 e. The van der Waals surface area contributed by atoms with Gasteiger partial charge in [-0.15, -0.1) is 0 Å². The Morgan fingerprint density at radius 2 is 1.58 bits per heavy atom. The number of hydrogen-bond donors (Lipinski definition) is 1. The Kier molecular flexibility index (Phi) is 5.50. The first-order chi connectivity index (χ1) is 9.02. The molecule has 0 spiro atoms. The van der Waals surface area contributed by atoms with Crippen molar-refractivity contribution in [1.29, 1.82) is 0 Å². The summed E-state index contributed by atoms with van der Waals surface area (Å²) in [5.41, 5.74) is -0.558. The average molecular weight is 280 g/mol. The van der Waals surface area contributed by atoms with Crippen LogP contribution < -0.4 is 0 Å². The van der Waals surface area contributed by atoms with Gasteiger partial charge >= 0.3 is 5.97 Å². The first kappa shape index (κ1) is 14.7. The van der Waals surface area contributed by atoms with Crippen LogP contribution in [0.15, 0.2) is 54.6 Å². The highest BCUT2D eigenvalue weighted by molar-refractivity contribution is 6.32. The van der Waals surface area contributed by atoms with Crippen LogP contribution in [0.4, 0.5) is 5.69 Å². The molecule has 6 heteroatoms. The lowest BCUT2D eigenvalue weighted by Gasteiger charge is -1.96. The van der Waals surface area contributed by atoms with Gasteiger partial charge in [-0.1, -0.05) is 48.0 Å². The van der Waals surface area contributed by atoms with E-state index >= 15 is 0 Å². The maximum atomic E-state index is 10.4. The van der Waals surface area contributed by atoms with Gasteiger partial charge in [-0.05, 0) is 12.1 Å². The van der Waals surface area contributed by atoms with E-state index in [1.54, 1.807) is 0 Å². The van der Waals surface area contributed by atoms with Gasteiger partial charge in [0, 0.05) is 6.07 Å². The van der Waals surface area contributed by atoms with E-state index in [0.29, 0.717) is 0 Å². The Balaban J connectivity index is 0.000000250. The van der Waals surface area contributed by atoms with Gasteiger partial charge in [-0.2, -0.15) is 0 Å². The first-order valence-corrected chi connectivity index (χ1v) is 5.57. The van der Waals surface area contributed by atoms with Crippen molar-refractivity contribution >= 4 is 23.3 Å². The largest absolute Gasteiger partial charge is 0.478 e. The molecule has 2 aromatic rings. The third-order valence-electron chi connectivity index (χ3n) is 2.06. The molecule has 0 saturated heterocycles. The highest BCUT2D eigenvalue weighted by Crippen LogP contribution is 2.24. The summed E-state index contributed by atoms with van der Waals surface area (Å²) in [6.45, 7) is 0. The molecule has 2 aromatic carbocycles. The van der Waals surface area contributed by atoms with Crippen molar-refractivity contribution in [1.82, 2.24) is 0 Å². The summed E-state index contributed by atoms with van der Waals surface area (Å²) in [4.78, 5) is 20.0. The average Bonchev–Trinajstić information content (AvgIpc) is 2.41. The lowest BCUT2D eigenvalue weighted by molar-refractivity contribution is -0.384. The van der Waals surface area contributed by atoms with Crippen LogP contribution in [-0.2, 0) is 0 Å². The quantitative estimate of drug-likeness (QED) is 0.672. The molecular weight excluding hydrogens is 270 g/mol. The molecule has 0 aromatic heterocycles. The normalized spacial score (nSPS) is 9.11. The second kappa shape index (κ2) is 7.13. The minimum atomic E-state index is -1.22. The van der Waals surface area contributed by atoms with Gasteiger partial charge in [0.1, 0.15) is 5.02 Å². The van der Waals surface area contributed by atoms with Gasteiger partial charge in [0.15, 0.2) is 0 Å². The van der Waals surface area contributed by atoms with Crippen molar-refractivity contribution in [2.45, 2.75) is 0 Å². The monoisotopic (exact) mass is 279 g/mol. The molecule has 0 fully saturated rings. The number of rotatable bonds is 2. The Labute approximate surface area is 114 Å². The van der Waals surface area contributed by atoms with Crippen molar-refractivity contribution in [3.63, 3.8) is 0 Å². The van der Waals surface area contributed by atoms with Crippen molar-refractivity contribution in [3.8, 4) is 0 Å². The van der Waals surface area contributed by atoms with Gasteiger partial charge in [0.05, 0.1) is 10.5 Å². The zero-order valence-electron chi connectivity index (χ0n) is 9.69. The molecule has 0 amide bonds. The van der Waals surface area contributed by atoms with Gasteiger partial charge in [-0.3, -0.25) is 10.1 Å². The fraction of sp³-hybridized carbons (Fsp3) is 0. The minimum absolute atomic E-state index is 0.0741. The van der Waals surface area contributed by atoms with Crippen LogP contribution in [0.2, 0.25) is 5.02 Å². The number of carbonyl (C=O) groups is 1. The highest BCUT2D eigenvalue weighted by Gasteiger charge is 2.15. The zero-order chi connectivity index (χ0) is 14.3. The lowest BCUT2D eigenvalue weighted by Crippen LogP contribution is -1.98. The van der Waals surface area contributed by atoms with Crippen LogP contribution in [-0.4, -0.2) is 16.0 Å². The summed E-state index contributed by atoms with van der Waals surface area (Å²) in [6, 6.07) is 15.3. The Bertz CT molecular complexity index is 545. The van der Waals surface area contributed by atoms with Crippen LogP contribution in [0.3, 0.4) is 0 Å². The van der Waals surface area contributed by atoms with E-state index in [0.717, 1.165) is 6.07 Å². The van der Waals surface area contributed by atoms with Crippen LogP contribution in [0.5, 0.6) is 0 Å². The number of nitrogens with zero attached hydrogens (tertiary/aromatic N) is 1. The van der Waals surface area contributed by atoms with Crippen LogP contribution in [0.1, 0.15) is 10.4 Å². The number of carboxylic acids is 1. The van der Waals surface area contributed by atoms with Crippen LogP contribution in [0, 0.1) is 10.1 Å². The number of hydrogen-bond acceptors (Lipinski definition) is 3. The molecule has 0 bridgehead atoms. The summed E-state index contributed by atoms with van der Waals surface area (Å²) in [6.07, 6.45) is 0.